The molecule has 1 amide bonds. The summed E-state index contributed by atoms with van der Waals surface area (Å²) < 4.78 is 29.2. The molecule has 0 bridgehead atoms. The molecule has 1 N–H and O–H groups in total. The summed E-state index contributed by atoms with van der Waals surface area (Å²) in [4.78, 5) is 24.3. The van der Waals surface area contributed by atoms with Crippen LogP contribution >= 0.6 is 22.9 Å². The number of thiophene rings is 1. The van der Waals surface area contributed by atoms with Crippen LogP contribution in [0.25, 0.3) is 0 Å². The topological polar surface area (TPSA) is 113 Å². The molecule has 4 aromatic rings. The largest absolute Gasteiger partial charge is 0.368 e. The SMILES string of the molecule is N#Cc1cccc(S(=O)(=O)N(Cc2cnc[nH]2)c2ccc(N3CCN(C(=O)c4ccc(Cl)s4)CC3)cc2)c1. The molecule has 0 saturated carbocycles. The first-order chi connectivity index (χ1) is 18.3. The van der Waals surface area contributed by atoms with E-state index >= 15 is 0 Å². The number of imidazole rings is 1. The van der Waals surface area contributed by atoms with Crippen molar-refractivity contribution in [2.24, 2.45) is 0 Å². The number of carbonyl (C=O) groups is 1. The molecule has 1 aliphatic heterocycles. The Balaban J connectivity index is 1.34. The molecule has 2 aromatic heterocycles. The molecular formula is C26H23ClN6O3S2. The maximum absolute atomic E-state index is 13.7. The molecule has 12 heteroatoms. The van der Waals surface area contributed by atoms with E-state index in [-0.39, 0.29) is 22.9 Å². The summed E-state index contributed by atoms with van der Waals surface area (Å²) >= 11 is 7.26. The van der Waals surface area contributed by atoms with E-state index in [2.05, 4.69) is 14.9 Å². The molecule has 1 fully saturated rings. The molecule has 0 spiro atoms. The van der Waals surface area contributed by atoms with Crippen molar-refractivity contribution in [3.63, 3.8) is 0 Å². The molecule has 5 rings (SSSR count). The Morgan fingerprint density at radius 2 is 1.87 bits per heavy atom. The zero-order valence-electron chi connectivity index (χ0n) is 20.1. The van der Waals surface area contributed by atoms with Gasteiger partial charge in [-0.25, -0.2) is 13.4 Å². The summed E-state index contributed by atoms with van der Waals surface area (Å²) in [6.45, 7) is 2.51. The lowest BCUT2D eigenvalue weighted by molar-refractivity contribution is 0.0751. The van der Waals surface area contributed by atoms with Crippen LogP contribution in [0.1, 0.15) is 20.9 Å². The van der Waals surface area contributed by atoms with Crippen molar-refractivity contribution in [3.05, 3.63) is 93.7 Å². The maximum atomic E-state index is 13.7. The minimum atomic E-state index is -3.97. The van der Waals surface area contributed by atoms with Gasteiger partial charge >= 0.3 is 0 Å². The molecule has 0 unspecified atom stereocenters. The fourth-order valence-electron chi connectivity index (χ4n) is 4.28. The van der Waals surface area contributed by atoms with Crippen molar-refractivity contribution in [3.8, 4) is 6.07 Å². The van der Waals surface area contributed by atoms with Crippen LogP contribution in [0.15, 0.2) is 78.1 Å². The van der Waals surface area contributed by atoms with Crippen molar-refractivity contribution in [1.29, 1.82) is 5.26 Å². The number of carbonyl (C=O) groups excluding carboxylic acids is 1. The third kappa shape index (κ3) is 5.38. The van der Waals surface area contributed by atoms with Gasteiger partial charge in [0.1, 0.15) is 0 Å². The van der Waals surface area contributed by atoms with E-state index in [4.69, 9.17) is 11.6 Å². The normalized spacial score (nSPS) is 13.8. The first-order valence-corrected chi connectivity index (χ1v) is 14.4. The van der Waals surface area contributed by atoms with Gasteiger partial charge in [0.25, 0.3) is 15.9 Å². The highest BCUT2D eigenvalue weighted by atomic mass is 35.5. The number of nitrogens with one attached hydrogen (secondary N) is 1. The molecule has 0 atom stereocenters. The van der Waals surface area contributed by atoms with Gasteiger partial charge in [-0.15, -0.1) is 11.3 Å². The van der Waals surface area contributed by atoms with Crippen LogP contribution in [0, 0.1) is 11.3 Å². The van der Waals surface area contributed by atoms with Gasteiger partial charge in [0, 0.05) is 38.1 Å². The fourth-order valence-corrected chi connectivity index (χ4v) is 6.78. The predicted molar refractivity (Wildman–Crippen MR) is 147 cm³/mol. The minimum Gasteiger partial charge on any atom is -0.368 e. The summed E-state index contributed by atoms with van der Waals surface area (Å²) in [7, 11) is -3.97. The van der Waals surface area contributed by atoms with Crippen LogP contribution < -0.4 is 9.21 Å². The number of piperazine rings is 1. The molecule has 38 heavy (non-hydrogen) atoms. The van der Waals surface area contributed by atoms with Gasteiger partial charge in [0.2, 0.25) is 0 Å². The summed E-state index contributed by atoms with van der Waals surface area (Å²) in [5.41, 5.74) is 2.31. The number of nitriles is 1. The van der Waals surface area contributed by atoms with Crippen molar-refractivity contribution >= 4 is 50.2 Å². The van der Waals surface area contributed by atoms with Gasteiger partial charge in [-0.1, -0.05) is 17.7 Å². The number of aromatic amines is 1. The smallest absolute Gasteiger partial charge is 0.264 e. The minimum absolute atomic E-state index is 0.0166. The second kappa shape index (κ2) is 10.9. The van der Waals surface area contributed by atoms with Gasteiger partial charge < -0.3 is 14.8 Å². The Labute approximate surface area is 229 Å². The molecule has 194 valence electrons. The number of sulfonamides is 1. The Morgan fingerprint density at radius 3 is 2.50 bits per heavy atom. The molecular weight excluding hydrogens is 544 g/mol. The first-order valence-electron chi connectivity index (χ1n) is 11.7. The molecule has 1 saturated heterocycles. The van der Waals surface area contributed by atoms with Crippen LogP contribution in [0.3, 0.4) is 0 Å². The number of rotatable bonds is 7. The zero-order chi connectivity index (χ0) is 26.7. The summed E-state index contributed by atoms with van der Waals surface area (Å²) in [6.07, 6.45) is 3.07. The number of anilines is 2. The Hall–Kier alpha value is -3.85. The Kier molecular flexibility index (Phi) is 7.37. The molecule has 9 nitrogen and oxygen atoms in total. The quantitative estimate of drug-likeness (QED) is 0.356. The van der Waals surface area contributed by atoms with Gasteiger partial charge in [0.15, 0.2) is 0 Å². The Morgan fingerprint density at radius 1 is 1.11 bits per heavy atom. The Bertz CT molecular complexity index is 1570. The molecule has 2 aromatic carbocycles. The van der Waals surface area contributed by atoms with Crippen molar-refractivity contribution in [2.45, 2.75) is 11.4 Å². The molecule has 1 aliphatic rings. The monoisotopic (exact) mass is 566 g/mol. The summed E-state index contributed by atoms with van der Waals surface area (Å²) in [6, 6.07) is 18.7. The van der Waals surface area contributed by atoms with E-state index in [1.165, 1.54) is 34.1 Å². The standard InChI is InChI=1S/C26H23ClN6O3S2/c27-25-9-8-24(37-25)26(34)32-12-10-31(11-13-32)21-4-6-22(7-5-21)33(17-20-16-29-18-30-20)38(35,36)23-3-1-2-19(14-23)15-28/h1-9,14,16,18H,10-13,17H2,(H,29,30). The van der Waals surface area contributed by atoms with Gasteiger partial charge in [0.05, 0.1) is 50.0 Å². The number of amides is 1. The van der Waals surface area contributed by atoms with E-state index in [0.717, 1.165) is 5.69 Å². The number of halogens is 1. The van der Waals surface area contributed by atoms with Crippen molar-refractivity contribution in [2.75, 3.05) is 35.4 Å². The van der Waals surface area contributed by atoms with E-state index in [9.17, 15) is 18.5 Å². The van der Waals surface area contributed by atoms with Crippen LogP contribution in [0.4, 0.5) is 11.4 Å². The van der Waals surface area contributed by atoms with Gasteiger partial charge in [-0.2, -0.15) is 5.26 Å². The third-order valence-corrected chi connectivity index (χ3v) is 9.26. The second-order valence-electron chi connectivity index (χ2n) is 8.63. The van der Waals surface area contributed by atoms with Crippen LogP contribution in [-0.4, -0.2) is 55.4 Å². The number of benzene rings is 2. The van der Waals surface area contributed by atoms with Crippen LogP contribution in [0.2, 0.25) is 4.34 Å². The molecule has 0 aliphatic carbocycles. The van der Waals surface area contributed by atoms with E-state index in [1.54, 1.807) is 42.6 Å². The highest BCUT2D eigenvalue weighted by molar-refractivity contribution is 7.92. The number of hydrogen-bond donors (Lipinski definition) is 1. The van der Waals surface area contributed by atoms with E-state index in [0.29, 0.717) is 46.8 Å². The van der Waals surface area contributed by atoms with E-state index < -0.39 is 10.0 Å². The number of aromatic nitrogens is 2. The number of hydrogen-bond acceptors (Lipinski definition) is 7. The molecule has 0 radical (unpaired) electrons. The van der Waals surface area contributed by atoms with Gasteiger partial charge in [-0.05, 0) is 54.6 Å². The van der Waals surface area contributed by atoms with Crippen LogP contribution in [-0.2, 0) is 16.6 Å². The predicted octanol–water partition coefficient (Wildman–Crippen LogP) is 4.35. The van der Waals surface area contributed by atoms with E-state index in [1.807, 2.05) is 23.1 Å². The highest BCUT2D eigenvalue weighted by Gasteiger charge is 2.27. The lowest BCUT2D eigenvalue weighted by atomic mass is 10.2. The van der Waals surface area contributed by atoms with Crippen molar-refractivity contribution in [1.82, 2.24) is 14.9 Å². The lowest BCUT2D eigenvalue weighted by Crippen LogP contribution is -2.48. The fraction of sp³-hybridized carbons (Fsp3) is 0.192. The number of H-pyrrole nitrogens is 1. The number of nitrogens with zero attached hydrogens (tertiary/aromatic N) is 5. The average Bonchev–Trinajstić information content (AvgIpc) is 3.63. The first kappa shape index (κ1) is 25.8. The average molecular weight is 567 g/mol. The third-order valence-electron chi connectivity index (χ3n) is 6.27. The lowest BCUT2D eigenvalue weighted by Gasteiger charge is -2.36. The molecule has 3 heterocycles. The maximum Gasteiger partial charge on any atom is 0.264 e. The summed E-state index contributed by atoms with van der Waals surface area (Å²) in [5, 5.41) is 9.25. The second-order valence-corrected chi connectivity index (χ2v) is 12.2. The summed E-state index contributed by atoms with van der Waals surface area (Å²) in [5.74, 6) is -0.0166. The van der Waals surface area contributed by atoms with Crippen molar-refractivity contribution < 1.29 is 13.2 Å². The zero-order valence-corrected chi connectivity index (χ0v) is 22.5. The van der Waals surface area contributed by atoms with Crippen LogP contribution in [0.5, 0.6) is 0 Å². The highest BCUT2D eigenvalue weighted by Crippen LogP contribution is 2.29. The van der Waals surface area contributed by atoms with Gasteiger partial charge in [-0.3, -0.25) is 9.10 Å².